The van der Waals surface area contributed by atoms with E-state index >= 15 is 0 Å². The van der Waals surface area contributed by atoms with Crippen LogP contribution >= 0.6 is 11.6 Å². The highest BCUT2D eigenvalue weighted by molar-refractivity contribution is 6.30. The van der Waals surface area contributed by atoms with Crippen LogP contribution in [-0.2, 0) is 0 Å². The minimum Gasteiger partial charge on any atom is -0.309 e. The van der Waals surface area contributed by atoms with Crippen LogP contribution in [-0.4, -0.2) is 7.05 Å². The summed E-state index contributed by atoms with van der Waals surface area (Å²) in [5.41, 5.74) is 0.366. The fourth-order valence-electron chi connectivity index (χ4n) is 1.96. The van der Waals surface area contributed by atoms with Crippen molar-refractivity contribution in [3.63, 3.8) is 0 Å². The Morgan fingerprint density at radius 3 is 2.42 bits per heavy atom. The average molecular weight is 286 g/mol. The van der Waals surface area contributed by atoms with Crippen molar-refractivity contribution in [1.82, 2.24) is 5.32 Å². The van der Waals surface area contributed by atoms with Crippen LogP contribution in [0, 0.1) is 17.5 Å². The molecule has 2 aromatic carbocycles. The first-order valence-electron chi connectivity index (χ1n) is 5.60. The van der Waals surface area contributed by atoms with Gasteiger partial charge in [-0.25, -0.2) is 13.2 Å². The minimum absolute atomic E-state index is 0.0414. The van der Waals surface area contributed by atoms with Gasteiger partial charge in [0.15, 0.2) is 0 Å². The molecular formula is C14H11ClF3N. The molecule has 1 nitrogen and oxygen atoms in total. The molecule has 0 amide bonds. The molecule has 2 rings (SSSR count). The van der Waals surface area contributed by atoms with Crippen molar-refractivity contribution in [2.45, 2.75) is 6.04 Å². The Morgan fingerprint density at radius 2 is 1.79 bits per heavy atom. The molecule has 100 valence electrons. The molecular weight excluding hydrogens is 275 g/mol. The van der Waals surface area contributed by atoms with E-state index in [0.29, 0.717) is 0 Å². The molecule has 0 spiro atoms. The van der Waals surface area contributed by atoms with E-state index in [1.54, 1.807) is 13.1 Å². The molecule has 1 unspecified atom stereocenters. The zero-order valence-electron chi connectivity index (χ0n) is 10.1. The van der Waals surface area contributed by atoms with Crippen LogP contribution in [0.2, 0.25) is 5.02 Å². The van der Waals surface area contributed by atoms with Gasteiger partial charge in [0, 0.05) is 17.2 Å². The molecule has 2 aromatic rings. The van der Waals surface area contributed by atoms with Crippen molar-refractivity contribution >= 4 is 11.6 Å². The predicted molar refractivity (Wildman–Crippen MR) is 68.7 cm³/mol. The van der Waals surface area contributed by atoms with Gasteiger partial charge < -0.3 is 5.32 Å². The van der Waals surface area contributed by atoms with Crippen molar-refractivity contribution in [2.24, 2.45) is 0 Å². The van der Waals surface area contributed by atoms with Crippen LogP contribution < -0.4 is 5.32 Å². The highest BCUT2D eigenvalue weighted by Gasteiger charge is 2.21. The zero-order valence-corrected chi connectivity index (χ0v) is 10.8. The summed E-state index contributed by atoms with van der Waals surface area (Å²) in [4.78, 5) is 0. The van der Waals surface area contributed by atoms with Gasteiger partial charge in [0.2, 0.25) is 0 Å². The van der Waals surface area contributed by atoms with E-state index in [2.05, 4.69) is 5.32 Å². The van der Waals surface area contributed by atoms with Gasteiger partial charge >= 0.3 is 0 Å². The van der Waals surface area contributed by atoms with Crippen molar-refractivity contribution in [2.75, 3.05) is 7.05 Å². The van der Waals surface area contributed by atoms with Gasteiger partial charge in [-0.2, -0.15) is 0 Å². The molecule has 0 radical (unpaired) electrons. The molecule has 0 heterocycles. The first kappa shape index (κ1) is 13.9. The molecule has 5 heteroatoms. The maximum atomic E-state index is 14.0. The van der Waals surface area contributed by atoms with Crippen LogP contribution in [0.4, 0.5) is 13.2 Å². The quantitative estimate of drug-likeness (QED) is 0.896. The van der Waals surface area contributed by atoms with Gasteiger partial charge in [-0.15, -0.1) is 0 Å². The SMILES string of the molecule is CNC(c1ccc(F)cc1F)c1cccc(Cl)c1F. The third kappa shape index (κ3) is 2.74. The van der Waals surface area contributed by atoms with Crippen LogP contribution in [0.1, 0.15) is 17.2 Å². The van der Waals surface area contributed by atoms with E-state index in [1.165, 1.54) is 18.2 Å². The van der Waals surface area contributed by atoms with Gasteiger partial charge in [0.25, 0.3) is 0 Å². The minimum atomic E-state index is -0.737. The summed E-state index contributed by atoms with van der Waals surface area (Å²) in [6.07, 6.45) is 0. The molecule has 0 saturated carbocycles. The Kier molecular flexibility index (Phi) is 4.12. The standard InChI is InChI=1S/C14H11ClF3N/c1-19-14(9-6-5-8(16)7-12(9)17)10-3-2-4-11(15)13(10)18/h2-7,14,19H,1H3. The smallest absolute Gasteiger partial charge is 0.146 e. The Morgan fingerprint density at radius 1 is 1.05 bits per heavy atom. The monoisotopic (exact) mass is 285 g/mol. The van der Waals surface area contributed by atoms with E-state index in [0.717, 1.165) is 12.1 Å². The molecule has 0 saturated heterocycles. The number of halogens is 4. The van der Waals surface area contributed by atoms with Crippen molar-refractivity contribution < 1.29 is 13.2 Å². The van der Waals surface area contributed by atoms with E-state index in [-0.39, 0.29) is 16.1 Å². The van der Waals surface area contributed by atoms with E-state index < -0.39 is 23.5 Å². The Hall–Kier alpha value is -1.52. The molecule has 0 aliphatic heterocycles. The highest BCUT2D eigenvalue weighted by Crippen LogP contribution is 2.29. The van der Waals surface area contributed by atoms with E-state index in [4.69, 9.17) is 11.6 Å². The lowest BCUT2D eigenvalue weighted by Crippen LogP contribution is -2.20. The topological polar surface area (TPSA) is 12.0 Å². The van der Waals surface area contributed by atoms with Crippen LogP contribution in [0.15, 0.2) is 36.4 Å². The molecule has 19 heavy (non-hydrogen) atoms. The molecule has 0 aliphatic rings. The van der Waals surface area contributed by atoms with Gasteiger partial charge in [-0.3, -0.25) is 0 Å². The second-order valence-corrected chi connectivity index (χ2v) is 4.44. The number of benzene rings is 2. The van der Waals surface area contributed by atoms with E-state index in [1.807, 2.05) is 0 Å². The fourth-order valence-corrected chi connectivity index (χ4v) is 2.14. The molecule has 0 bridgehead atoms. The Labute approximate surface area is 114 Å². The number of nitrogens with one attached hydrogen (secondary N) is 1. The van der Waals surface area contributed by atoms with Crippen LogP contribution in [0.5, 0.6) is 0 Å². The summed E-state index contributed by atoms with van der Waals surface area (Å²) in [7, 11) is 1.56. The first-order chi connectivity index (χ1) is 9.04. The Balaban J connectivity index is 2.53. The zero-order chi connectivity index (χ0) is 14.0. The van der Waals surface area contributed by atoms with Crippen molar-refractivity contribution in [3.05, 3.63) is 70.0 Å². The van der Waals surface area contributed by atoms with Gasteiger partial charge in [-0.05, 0) is 19.2 Å². The maximum Gasteiger partial charge on any atom is 0.146 e. The molecule has 1 atom stereocenters. The summed E-state index contributed by atoms with van der Waals surface area (Å²) >= 11 is 5.71. The molecule has 1 N–H and O–H groups in total. The van der Waals surface area contributed by atoms with E-state index in [9.17, 15) is 13.2 Å². The predicted octanol–water partition coefficient (Wildman–Crippen LogP) is 4.07. The first-order valence-corrected chi connectivity index (χ1v) is 5.98. The molecule has 0 fully saturated rings. The summed E-state index contributed by atoms with van der Waals surface area (Å²) < 4.78 is 40.6. The lowest BCUT2D eigenvalue weighted by Gasteiger charge is -2.19. The lowest BCUT2D eigenvalue weighted by molar-refractivity contribution is 0.535. The third-order valence-electron chi connectivity index (χ3n) is 2.85. The fraction of sp³-hybridized carbons (Fsp3) is 0.143. The second kappa shape index (κ2) is 5.63. The summed E-state index contributed by atoms with van der Waals surface area (Å²) in [6.45, 7) is 0. The second-order valence-electron chi connectivity index (χ2n) is 4.03. The normalized spacial score (nSPS) is 12.5. The van der Waals surface area contributed by atoms with Gasteiger partial charge in [0.05, 0.1) is 11.1 Å². The third-order valence-corrected chi connectivity index (χ3v) is 3.15. The van der Waals surface area contributed by atoms with Gasteiger partial charge in [-0.1, -0.05) is 29.8 Å². The van der Waals surface area contributed by atoms with Crippen LogP contribution in [0.3, 0.4) is 0 Å². The number of hydrogen-bond donors (Lipinski definition) is 1. The van der Waals surface area contributed by atoms with Crippen LogP contribution in [0.25, 0.3) is 0 Å². The largest absolute Gasteiger partial charge is 0.309 e. The molecule has 0 aliphatic carbocycles. The summed E-state index contributed by atoms with van der Waals surface area (Å²) in [6, 6.07) is 6.94. The number of rotatable bonds is 3. The number of hydrogen-bond acceptors (Lipinski definition) is 1. The summed E-state index contributed by atoms with van der Waals surface area (Å²) in [5, 5.41) is 2.76. The van der Waals surface area contributed by atoms with Gasteiger partial charge in [0.1, 0.15) is 17.5 Å². The van der Waals surface area contributed by atoms with Crippen molar-refractivity contribution in [3.8, 4) is 0 Å². The summed E-state index contributed by atoms with van der Waals surface area (Å²) in [5.74, 6) is -2.03. The maximum absolute atomic E-state index is 14.0. The van der Waals surface area contributed by atoms with Crippen molar-refractivity contribution in [1.29, 1.82) is 0 Å². The highest BCUT2D eigenvalue weighted by atomic mass is 35.5. The average Bonchev–Trinajstić information content (AvgIpc) is 2.37. The molecule has 0 aromatic heterocycles. The lowest BCUT2D eigenvalue weighted by atomic mass is 9.98. The Bertz CT molecular complexity index is 601.